The number of nitrogens with one attached hydrogen (secondary N) is 1. The van der Waals surface area contributed by atoms with Crippen LogP contribution < -0.4 is 5.32 Å². The molecule has 2 rings (SSSR count). The van der Waals surface area contributed by atoms with Gasteiger partial charge in [-0.05, 0) is 44.9 Å². The first-order chi connectivity index (χ1) is 10.1. The van der Waals surface area contributed by atoms with Gasteiger partial charge < -0.3 is 10.1 Å². The van der Waals surface area contributed by atoms with Crippen molar-refractivity contribution in [2.24, 2.45) is 0 Å². The first-order valence-electron chi connectivity index (χ1n) is 7.26. The lowest BCUT2D eigenvalue weighted by Gasteiger charge is -2.10. The highest BCUT2D eigenvalue weighted by Gasteiger charge is 2.08. The lowest BCUT2D eigenvalue weighted by molar-refractivity contribution is 0.147. The van der Waals surface area contributed by atoms with Crippen molar-refractivity contribution in [2.45, 2.75) is 27.2 Å². The van der Waals surface area contributed by atoms with Gasteiger partial charge in [-0.25, -0.2) is 9.37 Å². The summed E-state index contributed by atoms with van der Waals surface area (Å²) >= 11 is 0. The maximum absolute atomic E-state index is 13.7. The van der Waals surface area contributed by atoms with Crippen LogP contribution in [0.4, 0.5) is 10.3 Å². The number of ether oxygens (including phenoxy) is 1. The fraction of sp³-hybridized carbons (Fsp3) is 0.438. The van der Waals surface area contributed by atoms with Crippen molar-refractivity contribution in [1.29, 1.82) is 0 Å². The predicted molar refractivity (Wildman–Crippen MR) is 82.6 cm³/mol. The molecule has 114 valence electrons. The summed E-state index contributed by atoms with van der Waals surface area (Å²) in [6, 6.07) is 5.20. The molecular weight excluding hydrogens is 269 g/mol. The molecule has 1 aromatic heterocycles. The molecule has 0 unspecified atom stereocenters. The molecule has 2 aromatic rings. The van der Waals surface area contributed by atoms with Crippen LogP contribution in [0.25, 0.3) is 5.69 Å². The first kappa shape index (κ1) is 15.5. The third kappa shape index (κ3) is 4.04. The highest BCUT2D eigenvalue weighted by molar-refractivity contribution is 5.44. The van der Waals surface area contributed by atoms with Crippen molar-refractivity contribution in [2.75, 3.05) is 25.1 Å². The SMILES string of the molecule is CCOCCCNc1nc(C)cn1-c1ccc(C)c(F)c1. The quantitative estimate of drug-likeness (QED) is 0.794. The van der Waals surface area contributed by atoms with E-state index >= 15 is 0 Å². The number of benzene rings is 1. The molecule has 5 heteroatoms. The van der Waals surface area contributed by atoms with E-state index in [1.165, 1.54) is 6.07 Å². The van der Waals surface area contributed by atoms with E-state index in [0.29, 0.717) is 5.56 Å². The van der Waals surface area contributed by atoms with E-state index < -0.39 is 0 Å². The molecule has 0 aliphatic carbocycles. The number of hydrogen-bond acceptors (Lipinski definition) is 3. The average Bonchev–Trinajstić information content (AvgIpc) is 2.83. The van der Waals surface area contributed by atoms with Gasteiger partial charge in [0.2, 0.25) is 5.95 Å². The molecule has 21 heavy (non-hydrogen) atoms. The maximum Gasteiger partial charge on any atom is 0.207 e. The summed E-state index contributed by atoms with van der Waals surface area (Å²) < 4.78 is 20.9. The molecule has 0 amide bonds. The summed E-state index contributed by atoms with van der Waals surface area (Å²) in [5.74, 6) is 0.522. The minimum Gasteiger partial charge on any atom is -0.382 e. The van der Waals surface area contributed by atoms with Crippen LogP contribution >= 0.6 is 0 Å². The highest BCUT2D eigenvalue weighted by atomic mass is 19.1. The molecule has 0 bridgehead atoms. The van der Waals surface area contributed by atoms with E-state index in [0.717, 1.165) is 43.5 Å². The van der Waals surface area contributed by atoms with Gasteiger partial charge in [0, 0.05) is 26.0 Å². The summed E-state index contributed by atoms with van der Waals surface area (Å²) in [7, 11) is 0. The molecule has 4 nitrogen and oxygen atoms in total. The third-order valence-electron chi connectivity index (χ3n) is 3.21. The number of imidazole rings is 1. The van der Waals surface area contributed by atoms with E-state index in [-0.39, 0.29) is 5.82 Å². The Balaban J connectivity index is 2.10. The molecule has 0 spiro atoms. The van der Waals surface area contributed by atoms with Crippen LogP contribution in [-0.4, -0.2) is 29.3 Å². The fourth-order valence-corrected chi connectivity index (χ4v) is 2.07. The molecule has 0 fully saturated rings. The topological polar surface area (TPSA) is 39.1 Å². The van der Waals surface area contributed by atoms with Gasteiger partial charge >= 0.3 is 0 Å². The number of nitrogens with zero attached hydrogens (tertiary/aromatic N) is 2. The molecule has 1 heterocycles. The first-order valence-corrected chi connectivity index (χ1v) is 7.26. The summed E-state index contributed by atoms with van der Waals surface area (Å²) in [6.07, 6.45) is 2.80. The minimum absolute atomic E-state index is 0.207. The molecule has 0 saturated carbocycles. The Morgan fingerprint density at radius 3 is 2.86 bits per heavy atom. The zero-order valence-electron chi connectivity index (χ0n) is 12.8. The molecule has 0 radical (unpaired) electrons. The summed E-state index contributed by atoms with van der Waals surface area (Å²) in [5, 5.41) is 3.27. The summed E-state index contributed by atoms with van der Waals surface area (Å²) in [5.41, 5.74) is 2.30. The van der Waals surface area contributed by atoms with Crippen LogP contribution in [0.1, 0.15) is 24.6 Å². The number of halogens is 1. The second-order valence-corrected chi connectivity index (χ2v) is 4.99. The van der Waals surface area contributed by atoms with Crippen molar-refractivity contribution in [3.8, 4) is 5.69 Å². The third-order valence-corrected chi connectivity index (χ3v) is 3.21. The zero-order chi connectivity index (χ0) is 15.2. The fourth-order valence-electron chi connectivity index (χ4n) is 2.07. The standard InChI is InChI=1S/C16H22FN3O/c1-4-21-9-5-8-18-16-19-13(3)11-20(16)14-7-6-12(2)15(17)10-14/h6-7,10-11H,4-5,8-9H2,1-3H3,(H,18,19). The lowest BCUT2D eigenvalue weighted by atomic mass is 10.2. The Bertz CT molecular complexity index is 595. The van der Waals surface area contributed by atoms with Gasteiger partial charge in [-0.3, -0.25) is 4.57 Å². The van der Waals surface area contributed by atoms with Crippen LogP contribution in [0, 0.1) is 19.7 Å². The molecule has 1 aromatic carbocycles. The molecule has 0 aliphatic rings. The number of rotatable bonds is 7. The molecular formula is C16H22FN3O. The van der Waals surface area contributed by atoms with Gasteiger partial charge in [-0.2, -0.15) is 0 Å². The monoisotopic (exact) mass is 291 g/mol. The van der Waals surface area contributed by atoms with Crippen molar-refractivity contribution < 1.29 is 9.13 Å². The van der Waals surface area contributed by atoms with E-state index in [9.17, 15) is 4.39 Å². The number of hydrogen-bond donors (Lipinski definition) is 1. The smallest absolute Gasteiger partial charge is 0.207 e. The van der Waals surface area contributed by atoms with Crippen molar-refractivity contribution in [1.82, 2.24) is 9.55 Å². The summed E-state index contributed by atoms with van der Waals surface area (Å²) in [6.45, 7) is 7.89. The zero-order valence-corrected chi connectivity index (χ0v) is 12.8. The van der Waals surface area contributed by atoms with Crippen molar-refractivity contribution in [3.63, 3.8) is 0 Å². The Morgan fingerprint density at radius 1 is 1.33 bits per heavy atom. The van der Waals surface area contributed by atoms with Gasteiger partial charge in [-0.1, -0.05) is 6.07 Å². The Morgan fingerprint density at radius 2 is 2.14 bits per heavy atom. The molecule has 0 saturated heterocycles. The van der Waals surface area contributed by atoms with Gasteiger partial charge in [0.1, 0.15) is 5.82 Å². The van der Waals surface area contributed by atoms with E-state index in [1.807, 2.05) is 30.7 Å². The van der Waals surface area contributed by atoms with Gasteiger partial charge in [0.25, 0.3) is 0 Å². The van der Waals surface area contributed by atoms with Crippen LogP contribution in [0.5, 0.6) is 0 Å². The molecule has 0 atom stereocenters. The molecule has 1 N–H and O–H groups in total. The number of aryl methyl sites for hydroxylation is 2. The second kappa shape index (κ2) is 7.22. The van der Waals surface area contributed by atoms with Gasteiger partial charge in [0.15, 0.2) is 0 Å². The predicted octanol–water partition coefficient (Wildman–Crippen LogP) is 3.47. The van der Waals surface area contributed by atoms with Crippen LogP contribution in [0.15, 0.2) is 24.4 Å². The second-order valence-electron chi connectivity index (χ2n) is 4.99. The van der Waals surface area contributed by atoms with Crippen LogP contribution in [0.3, 0.4) is 0 Å². The number of aromatic nitrogens is 2. The number of anilines is 1. The Labute approximate surface area is 125 Å². The molecule has 0 aliphatic heterocycles. The largest absolute Gasteiger partial charge is 0.382 e. The van der Waals surface area contributed by atoms with Crippen LogP contribution in [-0.2, 0) is 4.74 Å². The maximum atomic E-state index is 13.7. The average molecular weight is 291 g/mol. The van der Waals surface area contributed by atoms with E-state index in [2.05, 4.69) is 10.3 Å². The van der Waals surface area contributed by atoms with E-state index in [1.54, 1.807) is 13.0 Å². The van der Waals surface area contributed by atoms with Crippen molar-refractivity contribution >= 4 is 5.95 Å². The normalized spacial score (nSPS) is 10.9. The highest BCUT2D eigenvalue weighted by Crippen LogP contribution is 2.19. The van der Waals surface area contributed by atoms with Gasteiger partial charge in [-0.15, -0.1) is 0 Å². The minimum atomic E-state index is -0.207. The summed E-state index contributed by atoms with van der Waals surface area (Å²) in [4.78, 5) is 4.45. The van der Waals surface area contributed by atoms with Crippen molar-refractivity contribution in [3.05, 3.63) is 41.5 Å². The Hall–Kier alpha value is -1.88. The van der Waals surface area contributed by atoms with Gasteiger partial charge in [0.05, 0.1) is 11.4 Å². The Kier molecular flexibility index (Phi) is 5.33. The van der Waals surface area contributed by atoms with Crippen LogP contribution in [0.2, 0.25) is 0 Å². The lowest BCUT2D eigenvalue weighted by Crippen LogP contribution is -2.10. The van der Waals surface area contributed by atoms with E-state index in [4.69, 9.17) is 4.74 Å².